The van der Waals surface area contributed by atoms with Gasteiger partial charge in [0.15, 0.2) is 69.4 Å². The van der Waals surface area contributed by atoms with Gasteiger partial charge in [0.05, 0.1) is 33.4 Å². The lowest BCUT2D eigenvalue weighted by Crippen LogP contribution is -2.20. The van der Waals surface area contributed by atoms with Gasteiger partial charge in [0, 0.05) is 71.9 Å². The third-order valence-electron chi connectivity index (χ3n) is 28.7. The van der Waals surface area contributed by atoms with Crippen molar-refractivity contribution in [2.75, 3.05) is 0 Å². The Hall–Kier alpha value is -10.2. The van der Waals surface area contributed by atoms with Crippen LogP contribution in [0.1, 0.15) is 517 Å². The Morgan fingerprint density at radius 1 is 0.161 bits per heavy atom. The van der Waals surface area contributed by atoms with Gasteiger partial charge in [0.2, 0.25) is 0 Å². The Balaban J connectivity index is 0.000000346. The minimum atomic E-state index is -0.0723. The van der Waals surface area contributed by atoms with Crippen LogP contribution in [0, 0.1) is 20.8 Å². The van der Waals surface area contributed by atoms with Crippen LogP contribution in [0.4, 0.5) is 0 Å². The first-order chi connectivity index (χ1) is 69.3. The SMILES string of the molecule is CC.CC.CC.CC.CC.CC.CC.CC.CC.CC1=C(C(=O)c2ccc(C)c3c2CCC3)C(=O)CCC1.CC1=C(C(=O)c2ccc(C)c3c2CCCCC3)C(=O)CCC1.CC1=C(C(=O)c2ccc(C)c3c2CCCCC3)C(=O)CCC1.CC1=C(C(=O)c2ccc3c(c2)CCC3)C(=O)CCC1.CC1=C(C(=O)c2ccc3c(c2)CCCCC3)C(=O)CCC1.CC1=C(C(=O)c2ccc3c(c2)CCCCC3)C(=O)CCC1. The number of aryl methyl sites for hydroxylation is 9. The van der Waals surface area contributed by atoms with Crippen LogP contribution in [0.5, 0.6) is 0 Å². The first-order valence-electron chi connectivity index (χ1n) is 56.6. The van der Waals surface area contributed by atoms with E-state index in [1.807, 2.05) is 227 Å². The van der Waals surface area contributed by atoms with Crippen molar-refractivity contribution in [1.82, 2.24) is 0 Å². The molecule has 12 heteroatoms. The smallest absolute Gasteiger partial charge is 0.196 e. The molecule has 0 unspecified atom stereocenters. The minimum Gasteiger partial charge on any atom is -0.294 e. The summed E-state index contributed by atoms with van der Waals surface area (Å²) in [5, 5.41) is 0. The molecule has 0 saturated heterocycles. The highest BCUT2D eigenvalue weighted by Gasteiger charge is 2.35. The van der Waals surface area contributed by atoms with E-state index in [0.29, 0.717) is 88.7 Å². The van der Waals surface area contributed by atoms with Crippen LogP contribution in [-0.4, -0.2) is 69.4 Å². The highest BCUT2D eigenvalue weighted by atomic mass is 16.2. The molecule has 0 radical (unpaired) electrons. The second-order valence-electron chi connectivity index (χ2n) is 37.6. The molecule has 0 bridgehead atoms. The Morgan fingerprint density at radius 2 is 0.329 bits per heavy atom. The molecule has 0 heterocycles. The molecule has 0 fully saturated rings. The van der Waals surface area contributed by atoms with E-state index in [0.717, 1.165) is 223 Å². The van der Waals surface area contributed by atoms with E-state index in [1.54, 1.807) is 0 Å². The summed E-state index contributed by atoms with van der Waals surface area (Å²) in [6.45, 7) is 53.9. The molecule has 12 aliphatic carbocycles. The number of allylic oxidation sites excluding steroid dienone is 12. The van der Waals surface area contributed by atoms with Crippen molar-refractivity contribution in [3.05, 3.63) is 275 Å². The number of carbonyl (C=O) groups excluding carboxylic acids is 12. The number of ketones is 12. The summed E-state index contributed by atoms with van der Waals surface area (Å²) >= 11 is 0. The van der Waals surface area contributed by atoms with Crippen LogP contribution in [0.25, 0.3) is 0 Å². The highest BCUT2D eigenvalue weighted by Crippen LogP contribution is 2.39. The number of hydrogen-bond donors (Lipinski definition) is 0. The topological polar surface area (TPSA) is 205 Å². The van der Waals surface area contributed by atoms with Crippen molar-refractivity contribution in [3.63, 3.8) is 0 Å². The molecular formula is C131H184O12. The summed E-state index contributed by atoms with van der Waals surface area (Å²) < 4.78 is 0. The van der Waals surface area contributed by atoms with Gasteiger partial charge in [0.1, 0.15) is 0 Å². The Labute approximate surface area is 865 Å². The molecular weight excluding hydrogens is 1770 g/mol. The van der Waals surface area contributed by atoms with E-state index in [-0.39, 0.29) is 69.4 Å². The average molecular weight is 1950 g/mol. The van der Waals surface area contributed by atoms with Gasteiger partial charge in [-0.2, -0.15) is 0 Å². The van der Waals surface area contributed by atoms with Crippen molar-refractivity contribution >= 4 is 69.4 Å². The van der Waals surface area contributed by atoms with Gasteiger partial charge in [-0.15, -0.1) is 0 Å². The molecule has 18 rings (SSSR count). The lowest BCUT2D eigenvalue weighted by Gasteiger charge is -2.19. The van der Waals surface area contributed by atoms with E-state index >= 15 is 0 Å². The minimum absolute atomic E-state index is 0.0225. The second-order valence-corrected chi connectivity index (χ2v) is 37.6. The molecule has 6 aromatic rings. The van der Waals surface area contributed by atoms with Gasteiger partial charge in [-0.05, 0) is 382 Å². The lowest BCUT2D eigenvalue weighted by molar-refractivity contribution is -0.116. The zero-order valence-corrected chi connectivity index (χ0v) is 94.2. The van der Waals surface area contributed by atoms with Crippen molar-refractivity contribution < 1.29 is 57.5 Å². The maximum Gasteiger partial charge on any atom is 0.196 e. The van der Waals surface area contributed by atoms with Crippen molar-refractivity contribution in [1.29, 1.82) is 0 Å². The third-order valence-corrected chi connectivity index (χ3v) is 28.7. The van der Waals surface area contributed by atoms with Gasteiger partial charge in [-0.3, -0.25) is 57.5 Å². The van der Waals surface area contributed by atoms with E-state index < -0.39 is 0 Å². The predicted octanol–water partition coefficient (Wildman–Crippen LogP) is 33.8. The van der Waals surface area contributed by atoms with Gasteiger partial charge in [-0.1, -0.05) is 257 Å². The van der Waals surface area contributed by atoms with Crippen LogP contribution in [0.15, 0.2) is 158 Å². The number of carbonyl (C=O) groups is 12. The average Bonchev–Trinajstić information content (AvgIpc) is 1.56. The van der Waals surface area contributed by atoms with Crippen molar-refractivity contribution in [2.45, 2.75) is 469 Å². The highest BCUT2D eigenvalue weighted by molar-refractivity contribution is 6.31. The summed E-state index contributed by atoms with van der Waals surface area (Å²) in [6.07, 6.45) is 43.1. The van der Waals surface area contributed by atoms with E-state index in [2.05, 4.69) is 51.1 Å². The quantitative estimate of drug-likeness (QED) is 0.0637. The molecule has 12 aliphatic rings. The van der Waals surface area contributed by atoms with Crippen LogP contribution < -0.4 is 0 Å². The molecule has 12 nitrogen and oxygen atoms in total. The first-order valence-corrected chi connectivity index (χ1v) is 56.6. The normalized spacial score (nSPS) is 16.9. The predicted molar refractivity (Wildman–Crippen MR) is 599 cm³/mol. The Bertz CT molecular complexity index is 5330. The van der Waals surface area contributed by atoms with Crippen LogP contribution in [0.2, 0.25) is 0 Å². The van der Waals surface area contributed by atoms with Gasteiger partial charge < -0.3 is 0 Å². The van der Waals surface area contributed by atoms with Crippen molar-refractivity contribution in [3.8, 4) is 0 Å². The first kappa shape index (κ1) is 125. The molecule has 0 saturated carbocycles. The lowest BCUT2D eigenvalue weighted by atomic mass is 9.83. The van der Waals surface area contributed by atoms with E-state index in [4.69, 9.17) is 0 Å². The van der Waals surface area contributed by atoms with Crippen LogP contribution >= 0.6 is 0 Å². The Kier molecular flexibility index (Phi) is 58.4. The number of benzene rings is 6. The maximum absolute atomic E-state index is 13.0. The van der Waals surface area contributed by atoms with Gasteiger partial charge in [0.25, 0.3) is 0 Å². The van der Waals surface area contributed by atoms with E-state index in [9.17, 15) is 57.5 Å². The molecule has 6 aromatic carbocycles. The zero-order chi connectivity index (χ0) is 107. The summed E-state index contributed by atoms with van der Waals surface area (Å²) in [5.74, 6) is -0.109. The molecule has 780 valence electrons. The summed E-state index contributed by atoms with van der Waals surface area (Å²) in [6, 6.07) is 30.0. The Morgan fingerprint density at radius 3 is 0.559 bits per heavy atom. The number of hydrogen-bond acceptors (Lipinski definition) is 12. The van der Waals surface area contributed by atoms with E-state index in [1.165, 1.54) is 154 Å². The molecule has 0 aromatic heterocycles. The largest absolute Gasteiger partial charge is 0.294 e. The zero-order valence-electron chi connectivity index (χ0n) is 94.2. The number of rotatable bonds is 12. The molecule has 0 spiro atoms. The fraction of sp³-hybridized carbons (Fsp3) is 0.542. The fourth-order valence-electron chi connectivity index (χ4n) is 21.6. The second kappa shape index (κ2) is 66.7. The summed E-state index contributed by atoms with van der Waals surface area (Å²) in [4.78, 5) is 150. The molecule has 0 N–H and O–H groups in total. The molecule has 143 heavy (non-hydrogen) atoms. The standard InChI is InChI=1S/2C20H24O2.2C19H22O2.C18H20O2.C17H18O2.9C2H6/c2*1-13-11-12-17(16-9-5-3-4-8-15(13)16)20(22)19-14(2)7-6-10-18(19)21;2*1-13-6-5-9-17(20)18(13)19(21)16-11-10-14-7-3-2-4-8-15(14)12-16;1-11-9-10-15(14-7-4-6-13(11)14)18(20)17-12(2)5-3-8-16(17)19;1-11-4-2-7-15(18)16(11)17(19)14-9-8-12-5-3-6-13(12)10-14;9*1-2/h2*11-12H,3-10H2,1-2H3;2*10-12H,2-9H2,1H3;9-10H,3-8H2,1-2H3;8-10H,2-7H2,1H3;9*1-2H3. The van der Waals surface area contributed by atoms with Crippen LogP contribution in [0.3, 0.4) is 0 Å². The molecule has 0 atom stereocenters. The van der Waals surface area contributed by atoms with Crippen LogP contribution in [-0.2, 0) is 106 Å². The monoisotopic (exact) mass is 1950 g/mol. The van der Waals surface area contributed by atoms with Gasteiger partial charge in [-0.25, -0.2) is 0 Å². The maximum atomic E-state index is 13.0. The summed E-state index contributed by atoms with van der Waals surface area (Å²) in [7, 11) is 0. The number of Topliss-reactive ketones (excluding diaryl/α,β-unsaturated/α-hetero) is 12. The summed E-state index contributed by atoms with van der Waals surface area (Å²) in [5.41, 5.74) is 32.5. The van der Waals surface area contributed by atoms with Crippen molar-refractivity contribution in [2.24, 2.45) is 0 Å². The molecule has 0 aliphatic heterocycles. The third kappa shape index (κ3) is 33.9. The number of fused-ring (bicyclic) bond motifs is 6. The molecule has 0 amide bonds. The fourth-order valence-corrected chi connectivity index (χ4v) is 21.6. The van der Waals surface area contributed by atoms with Gasteiger partial charge >= 0.3 is 0 Å².